The van der Waals surface area contributed by atoms with Crippen molar-refractivity contribution in [2.45, 2.75) is 26.8 Å². The van der Waals surface area contributed by atoms with Crippen molar-refractivity contribution in [2.75, 3.05) is 10.6 Å². The Morgan fingerprint density at radius 3 is 2.81 bits per heavy atom. The van der Waals surface area contributed by atoms with E-state index < -0.39 is 0 Å². The molecule has 6 nitrogen and oxygen atoms in total. The Labute approximate surface area is 160 Å². The molecule has 0 spiro atoms. The molecule has 0 fully saturated rings. The van der Waals surface area contributed by atoms with Crippen LogP contribution in [0.1, 0.15) is 24.8 Å². The number of rotatable bonds is 6. The second-order valence-electron chi connectivity index (χ2n) is 5.93. The van der Waals surface area contributed by atoms with Crippen molar-refractivity contribution >= 4 is 28.9 Å². The second kappa shape index (κ2) is 8.18. The third kappa shape index (κ3) is 4.62. The summed E-state index contributed by atoms with van der Waals surface area (Å²) in [6, 6.07) is 9.89. The van der Waals surface area contributed by atoms with Crippen molar-refractivity contribution < 1.29 is 13.7 Å². The minimum absolute atomic E-state index is 0.0878. The number of nitrogens with zero attached hydrogens (tertiary/aromatic N) is 2. The molecule has 8 heteroatoms. The van der Waals surface area contributed by atoms with E-state index in [1.807, 2.05) is 0 Å². The smallest absolute Gasteiger partial charge is 0.246 e. The highest BCUT2D eigenvalue weighted by Crippen LogP contribution is 2.26. The van der Waals surface area contributed by atoms with Gasteiger partial charge in [-0.3, -0.25) is 4.79 Å². The summed E-state index contributed by atoms with van der Waals surface area (Å²) in [6.45, 7) is 3.69. The molecule has 0 saturated heterocycles. The first-order chi connectivity index (χ1) is 13.0. The highest BCUT2D eigenvalue weighted by Gasteiger charge is 2.11. The molecule has 0 aliphatic carbocycles. The topological polar surface area (TPSA) is 80.0 Å². The monoisotopic (exact) mass is 388 g/mol. The first-order valence-electron chi connectivity index (χ1n) is 8.38. The number of carbonyl (C=O) groups is 1. The molecular weight excluding hydrogens is 371 g/mol. The van der Waals surface area contributed by atoms with Crippen LogP contribution in [0.3, 0.4) is 0 Å². The molecule has 0 aliphatic rings. The number of hydrogen-bond acceptors (Lipinski definition) is 5. The van der Waals surface area contributed by atoms with Gasteiger partial charge in [0.2, 0.25) is 17.6 Å². The predicted octanol–water partition coefficient (Wildman–Crippen LogP) is 4.80. The third-order valence-corrected chi connectivity index (χ3v) is 4.23. The van der Waals surface area contributed by atoms with E-state index in [-0.39, 0.29) is 18.3 Å². The van der Waals surface area contributed by atoms with E-state index in [9.17, 15) is 9.18 Å². The van der Waals surface area contributed by atoms with E-state index >= 15 is 0 Å². The van der Waals surface area contributed by atoms with Gasteiger partial charge in [-0.2, -0.15) is 4.98 Å². The summed E-state index contributed by atoms with van der Waals surface area (Å²) in [6.07, 6.45) is 0.385. The number of aryl methyl sites for hydroxylation is 1. The number of carbonyl (C=O) groups excluding carboxylic acids is 1. The van der Waals surface area contributed by atoms with E-state index in [1.54, 1.807) is 44.2 Å². The number of benzene rings is 2. The molecule has 2 aromatic carbocycles. The van der Waals surface area contributed by atoms with Gasteiger partial charge >= 0.3 is 0 Å². The summed E-state index contributed by atoms with van der Waals surface area (Å²) in [4.78, 5) is 15.8. The lowest BCUT2D eigenvalue weighted by molar-refractivity contribution is -0.115. The lowest BCUT2D eigenvalue weighted by Crippen LogP contribution is -2.10. The summed E-state index contributed by atoms with van der Waals surface area (Å²) in [5.41, 5.74) is 2.34. The maximum atomic E-state index is 13.7. The molecule has 0 unspecified atom stereocenters. The van der Waals surface area contributed by atoms with Crippen LogP contribution in [0.4, 0.5) is 15.8 Å². The zero-order valence-electron chi connectivity index (χ0n) is 14.8. The van der Waals surface area contributed by atoms with Gasteiger partial charge in [0.15, 0.2) is 0 Å². The number of aromatic nitrogens is 2. The van der Waals surface area contributed by atoms with Crippen LogP contribution in [0.2, 0.25) is 5.02 Å². The lowest BCUT2D eigenvalue weighted by Gasteiger charge is -2.09. The van der Waals surface area contributed by atoms with Gasteiger partial charge in [-0.05, 0) is 36.8 Å². The number of halogens is 2. The Bertz CT molecular complexity index is 974. The molecule has 140 valence electrons. The van der Waals surface area contributed by atoms with E-state index in [0.29, 0.717) is 45.7 Å². The van der Waals surface area contributed by atoms with Crippen LogP contribution < -0.4 is 10.6 Å². The lowest BCUT2D eigenvalue weighted by atomic mass is 10.1. The fourth-order valence-corrected chi connectivity index (χ4v) is 2.52. The Morgan fingerprint density at radius 2 is 2.07 bits per heavy atom. The van der Waals surface area contributed by atoms with Gasteiger partial charge < -0.3 is 15.2 Å². The minimum Gasteiger partial charge on any atom is -0.375 e. The van der Waals surface area contributed by atoms with Gasteiger partial charge in [-0.25, -0.2) is 4.39 Å². The molecular formula is C19H18ClFN4O2. The standard InChI is InChI=1S/C19H18ClFN4O2/c1-3-17(26)23-13-6-7-14(20)16(9-13)22-10-18-24-19(25-27-18)12-5-4-11(2)15(21)8-12/h4-9,22H,3,10H2,1-2H3,(H,23,26). The molecule has 0 bridgehead atoms. The molecule has 3 rings (SSSR count). The van der Waals surface area contributed by atoms with E-state index in [4.69, 9.17) is 16.1 Å². The summed E-state index contributed by atoms with van der Waals surface area (Å²) >= 11 is 6.18. The van der Waals surface area contributed by atoms with Crippen molar-refractivity contribution in [3.8, 4) is 11.4 Å². The van der Waals surface area contributed by atoms with Crippen LogP contribution in [-0.2, 0) is 11.3 Å². The van der Waals surface area contributed by atoms with Crippen LogP contribution in [0.25, 0.3) is 11.4 Å². The quantitative estimate of drug-likeness (QED) is 0.634. The first kappa shape index (κ1) is 18.8. The zero-order valence-corrected chi connectivity index (χ0v) is 15.6. The molecule has 1 aromatic heterocycles. The SMILES string of the molecule is CCC(=O)Nc1ccc(Cl)c(NCc2nc(-c3ccc(C)c(F)c3)no2)c1. The van der Waals surface area contributed by atoms with Crippen LogP contribution in [0.5, 0.6) is 0 Å². The van der Waals surface area contributed by atoms with E-state index in [2.05, 4.69) is 20.8 Å². The average Bonchev–Trinajstić information content (AvgIpc) is 3.13. The van der Waals surface area contributed by atoms with Crippen molar-refractivity contribution in [3.05, 3.63) is 58.7 Å². The van der Waals surface area contributed by atoms with Crippen LogP contribution in [0, 0.1) is 12.7 Å². The molecule has 3 aromatic rings. The Balaban J connectivity index is 1.70. The maximum Gasteiger partial charge on any atom is 0.246 e. The molecule has 2 N–H and O–H groups in total. The summed E-state index contributed by atoms with van der Waals surface area (Å²) < 4.78 is 18.9. The Morgan fingerprint density at radius 1 is 1.26 bits per heavy atom. The molecule has 0 atom stereocenters. The Hall–Kier alpha value is -2.93. The van der Waals surface area contributed by atoms with Crippen molar-refractivity contribution in [1.29, 1.82) is 0 Å². The van der Waals surface area contributed by atoms with E-state index in [1.165, 1.54) is 6.07 Å². The van der Waals surface area contributed by atoms with Gasteiger partial charge in [0, 0.05) is 17.7 Å². The molecule has 1 amide bonds. The van der Waals surface area contributed by atoms with Crippen molar-refractivity contribution in [3.63, 3.8) is 0 Å². The molecule has 0 radical (unpaired) electrons. The normalized spacial score (nSPS) is 10.7. The second-order valence-corrected chi connectivity index (χ2v) is 6.33. The van der Waals surface area contributed by atoms with E-state index in [0.717, 1.165) is 0 Å². The Kier molecular flexibility index (Phi) is 5.71. The zero-order chi connectivity index (χ0) is 19.4. The third-order valence-electron chi connectivity index (χ3n) is 3.90. The largest absolute Gasteiger partial charge is 0.375 e. The number of amides is 1. The van der Waals surface area contributed by atoms with Gasteiger partial charge in [0.05, 0.1) is 17.3 Å². The van der Waals surface area contributed by atoms with Crippen molar-refractivity contribution in [1.82, 2.24) is 10.1 Å². The molecule has 1 heterocycles. The molecule has 0 aliphatic heterocycles. The van der Waals surface area contributed by atoms with Gasteiger partial charge in [-0.15, -0.1) is 0 Å². The van der Waals surface area contributed by atoms with Crippen LogP contribution in [-0.4, -0.2) is 16.0 Å². The maximum absolute atomic E-state index is 13.7. The van der Waals surface area contributed by atoms with Gasteiger partial charge in [0.25, 0.3) is 0 Å². The fraction of sp³-hybridized carbons (Fsp3) is 0.211. The highest BCUT2D eigenvalue weighted by atomic mass is 35.5. The number of hydrogen-bond donors (Lipinski definition) is 2. The van der Waals surface area contributed by atoms with Crippen molar-refractivity contribution in [2.24, 2.45) is 0 Å². The van der Waals surface area contributed by atoms with Gasteiger partial charge in [-0.1, -0.05) is 35.8 Å². The molecule has 27 heavy (non-hydrogen) atoms. The predicted molar refractivity (Wildman–Crippen MR) is 102 cm³/mol. The van der Waals surface area contributed by atoms with Crippen LogP contribution >= 0.6 is 11.6 Å². The highest BCUT2D eigenvalue weighted by molar-refractivity contribution is 6.33. The first-order valence-corrected chi connectivity index (χ1v) is 8.76. The summed E-state index contributed by atoms with van der Waals surface area (Å²) in [5.74, 6) is 0.218. The summed E-state index contributed by atoms with van der Waals surface area (Å²) in [5, 5.41) is 10.2. The average molecular weight is 389 g/mol. The molecule has 0 saturated carbocycles. The fourth-order valence-electron chi connectivity index (χ4n) is 2.33. The number of nitrogens with one attached hydrogen (secondary N) is 2. The minimum atomic E-state index is -0.324. The summed E-state index contributed by atoms with van der Waals surface area (Å²) in [7, 11) is 0. The van der Waals surface area contributed by atoms with Gasteiger partial charge in [0.1, 0.15) is 5.82 Å². The van der Waals surface area contributed by atoms with Crippen LogP contribution in [0.15, 0.2) is 40.9 Å². The number of anilines is 2.